The molecule has 70 valence electrons. The minimum absolute atomic E-state index is 0.0330. The summed E-state index contributed by atoms with van der Waals surface area (Å²) in [5.41, 5.74) is 5.83. The van der Waals surface area contributed by atoms with E-state index in [0.717, 1.165) is 19.0 Å². The number of hydrogen-bond acceptors (Lipinski definition) is 3. The lowest BCUT2D eigenvalue weighted by atomic mass is 9.88. The predicted octanol–water partition coefficient (Wildman–Crippen LogP) is -0.354. The van der Waals surface area contributed by atoms with E-state index in [1.54, 1.807) is 0 Å². The van der Waals surface area contributed by atoms with Gasteiger partial charge < -0.3 is 15.7 Å². The summed E-state index contributed by atoms with van der Waals surface area (Å²) in [5.74, 6) is 1.20. The summed E-state index contributed by atoms with van der Waals surface area (Å²) < 4.78 is 0. The van der Waals surface area contributed by atoms with Crippen molar-refractivity contribution in [1.29, 1.82) is 0 Å². The first kappa shape index (κ1) is 8.48. The molecule has 3 N–H and O–H groups in total. The summed E-state index contributed by atoms with van der Waals surface area (Å²) in [7, 11) is 2.08. The molecule has 1 aliphatic carbocycles. The van der Waals surface area contributed by atoms with E-state index >= 15 is 0 Å². The highest BCUT2D eigenvalue weighted by atomic mass is 16.3. The van der Waals surface area contributed by atoms with Crippen LogP contribution in [0.1, 0.15) is 12.8 Å². The van der Waals surface area contributed by atoms with Crippen LogP contribution in [0.3, 0.4) is 0 Å². The maximum atomic E-state index is 9.81. The third kappa shape index (κ3) is 1.49. The van der Waals surface area contributed by atoms with Crippen LogP contribution in [0, 0.1) is 11.8 Å². The van der Waals surface area contributed by atoms with E-state index in [4.69, 9.17) is 5.73 Å². The van der Waals surface area contributed by atoms with Crippen molar-refractivity contribution in [1.82, 2.24) is 4.90 Å². The Hall–Kier alpha value is -0.120. The molecule has 0 bridgehead atoms. The molecule has 0 unspecified atom stereocenters. The van der Waals surface area contributed by atoms with Crippen molar-refractivity contribution in [2.24, 2.45) is 17.6 Å². The Morgan fingerprint density at radius 2 is 2.00 bits per heavy atom. The quantitative estimate of drug-likeness (QED) is 0.565. The van der Waals surface area contributed by atoms with Crippen molar-refractivity contribution in [3.63, 3.8) is 0 Å². The van der Waals surface area contributed by atoms with Crippen molar-refractivity contribution in [2.75, 3.05) is 20.1 Å². The number of nitrogens with zero attached hydrogens (tertiary/aromatic N) is 1. The minimum atomic E-state index is -0.256. The van der Waals surface area contributed by atoms with Gasteiger partial charge in [0.2, 0.25) is 0 Å². The standard InChI is InChI=1S/C9H18N2O/c1-11-4-7(6-2-3-6)9(12)8(10)5-11/h6-9,12H,2-5,10H2,1H3/t7-,8-,9-/m1/s1. The van der Waals surface area contributed by atoms with Gasteiger partial charge in [-0.2, -0.15) is 0 Å². The molecule has 0 radical (unpaired) electrons. The average molecular weight is 170 g/mol. The predicted molar refractivity (Wildman–Crippen MR) is 47.7 cm³/mol. The van der Waals surface area contributed by atoms with Crippen LogP contribution in [0.4, 0.5) is 0 Å². The van der Waals surface area contributed by atoms with E-state index in [2.05, 4.69) is 11.9 Å². The van der Waals surface area contributed by atoms with E-state index in [1.165, 1.54) is 12.8 Å². The van der Waals surface area contributed by atoms with Crippen molar-refractivity contribution < 1.29 is 5.11 Å². The van der Waals surface area contributed by atoms with Gasteiger partial charge >= 0.3 is 0 Å². The molecule has 3 atom stereocenters. The fourth-order valence-corrected chi connectivity index (χ4v) is 2.28. The van der Waals surface area contributed by atoms with E-state index in [9.17, 15) is 5.11 Å². The molecule has 1 aliphatic heterocycles. The SMILES string of the molecule is CN1C[C@@H](N)[C@H](O)[C@@H](C2CC2)C1. The number of piperidine rings is 1. The van der Waals surface area contributed by atoms with Crippen LogP contribution in [0.25, 0.3) is 0 Å². The Morgan fingerprint density at radius 3 is 2.58 bits per heavy atom. The summed E-state index contributed by atoms with van der Waals surface area (Å²) in [6.45, 7) is 1.86. The zero-order valence-corrected chi connectivity index (χ0v) is 7.61. The number of aliphatic hydroxyl groups is 1. The molecule has 3 nitrogen and oxygen atoms in total. The molecule has 3 heteroatoms. The van der Waals surface area contributed by atoms with Gasteiger partial charge in [-0.3, -0.25) is 0 Å². The van der Waals surface area contributed by atoms with Gasteiger partial charge in [0.25, 0.3) is 0 Å². The zero-order chi connectivity index (χ0) is 8.72. The first-order chi connectivity index (χ1) is 5.68. The Bertz CT molecular complexity index is 170. The summed E-state index contributed by atoms with van der Waals surface area (Å²) in [6.07, 6.45) is 2.33. The summed E-state index contributed by atoms with van der Waals surface area (Å²) in [4.78, 5) is 2.24. The molecule has 2 rings (SSSR count). The van der Waals surface area contributed by atoms with E-state index in [1.807, 2.05) is 0 Å². The first-order valence-electron chi connectivity index (χ1n) is 4.80. The largest absolute Gasteiger partial charge is 0.391 e. The third-order valence-corrected chi connectivity index (χ3v) is 3.15. The van der Waals surface area contributed by atoms with E-state index < -0.39 is 0 Å². The topological polar surface area (TPSA) is 49.5 Å². The molecule has 12 heavy (non-hydrogen) atoms. The van der Waals surface area contributed by atoms with Gasteiger partial charge in [0.15, 0.2) is 0 Å². The van der Waals surface area contributed by atoms with Crippen molar-refractivity contribution in [3.8, 4) is 0 Å². The van der Waals surface area contributed by atoms with Crippen LogP contribution >= 0.6 is 0 Å². The Morgan fingerprint density at radius 1 is 1.33 bits per heavy atom. The molecule has 0 aromatic carbocycles. The maximum Gasteiger partial charge on any atom is 0.0746 e. The molecular weight excluding hydrogens is 152 g/mol. The van der Waals surface area contributed by atoms with Crippen molar-refractivity contribution in [3.05, 3.63) is 0 Å². The number of nitrogens with two attached hydrogens (primary N) is 1. The third-order valence-electron chi connectivity index (χ3n) is 3.15. The van der Waals surface area contributed by atoms with Gasteiger partial charge in [0.05, 0.1) is 6.10 Å². The zero-order valence-electron chi connectivity index (χ0n) is 7.61. The second kappa shape index (κ2) is 2.98. The highest BCUT2D eigenvalue weighted by Crippen LogP contribution is 2.40. The summed E-state index contributed by atoms with van der Waals surface area (Å²) in [6, 6.07) is -0.0330. The number of hydrogen-bond donors (Lipinski definition) is 2. The van der Waals surface area contributed by atoms with Gasteiger partial charge in [0, 0.05) is 25.0 Å². The van der Waals surface area contributed by atoms with Crippen LogP contribution in [-0.2, 0) is 0 Å². The fraction of sp³-hybridized carbons (Fsp3) is 1.00. The normalized spacial score (nSPS) is 44.8. The van der Waals surface area contributed by atoms with Crippen molar-refractivity contribution in [2.45, 2.75) is 25.0 Å². The van der Waals surface area contributed by atoms with Gasteiger partial charge in [-0.25, -0.2) is 0 Å². The highest BCUT2D eigenvalue weighted by Gasteiger charge is 2.41. The van der Waals surface area contributed by atoms with Crippen LogP contribution < -0.4 is 5.73 Å². The smallest absolute Gasteiger partial charge is 0.0746 e. The second-order valence-corrected chi connectivity index (χ2v) is 4.38. The van der Waals surface area contributed by atoms with Gasteiger partial charge in [-0.05, 0) is 25.8 Å². The molecule has 0 aromatic rings. The molecule has 2 fully saturated rings. The number of aliphatic hydroxyl groups excluding tert-OH is 1. The van der Waals surface area contributed by atoms with Gasteiger partial charge in [0.1, 0.15) is 0 Å². The van der Waals surface area contributed by atoms with Crippen LogP contribution in [0.5, 0.6) is 0 Å². The average Bonchev–Trinajstić information content (AvgIpc) is 2.79. The first-order valence-corrected chi connectivity index (χ1v) is 4.80. The Balaban J connectivity index is 2.00. The second-order valence-electron chi connectivity index (χ2n) is 4.38. The van der Waals surface area contributed by atoms with Crippen LogP contribution in [0.15, 0.2) is 0 Å². The molecule has 1 saturated carbocycles. The molecule has 0 spiro atoms. The molecule has 0 aromatic heterocycles. The molecular formula is C9H18N2O. The van der Waals surface area contributed by atoms with E-state index in [-0.39, 0.29) is 12.1 Å². The maximum absolute atomic E-state index is 9.81. The summed E-state index contributed by atoms with van der Waals surface area (Å²) in [5, 5.41) is 9.81. The summed E-state index contributed by atoms with van der Waals surface area (Å²) >= 11 is 0. The monoisotopic (exact) mass is 170 g/mol. The lowest BCUT2D eigenvalue weighted by Gasteiger charge is -2.38. The van der Waals surface area contributed by atoms with Crippen molar-refractivity contribution >= 4 is 0 Å². The minimum Gasteiger partial charge on any atom is -0.391 e. The van der Waals surface area contributed by atoms with Gasteiger partial charge in [-0.15, -0.1) is 0 Å². The number of likely N-dealkylation sites (tertiary alicyclic amines) is 1. The molecule has 1 saturated heterocycles. The highest BCUT2D eigenvalue weighted by molar-refractivity contribution is 4.95. The lowest BCUT2D eigenvalue weighted by molar-refractivity contribution is 0.00909. The van der Waals surface area contributed by atoms with Crippen LogP contribution in [-0.4, -0.2) is 42.3 Å². The lowest BCUT2D eigenvalue weighted by Crippen LogP contribution is -2.55. The molecule has 2 aliphatic rings. The Kier molecular flexibility index (Phi) is 2.10. The Labute approximate surface area is 73.5 Å². The van der Waals surface area contributed by atoms with E-state index in [0.29, 0.717) is 5.92 Å². The number of likely N-dealkylation sites (N-methyl/N-ethyl adjacent to an activating group) is 1. The van der Waals surface area contributed by atoms with Crippen LogP contribution in [0.2, 0.25) is 0 Å². The fourth-order valence-electron chi connectivity index (χ4n) is 2.28. The molecule has 1 heterocycles. The van der Waals surface area contributed by atoms with Gasteiger partial charge in [-0.1, -0.05) is 0 Å². The molecule has 0 amide bonds. The number of rotatable bonds is 1.